The first kappa shape index (κ1) is 21.3. The number of aliphatic hydroxyl groups excluding tert-OH is 1. The number of para-hydroxylation sites is 1. The number of carbonyl (C=O) groups is 1. The van der Waals surface area contributed by atoms with E-state index in [1.807, 2.05) is 30.3 Å². The van der Waals surface area contributed by atoms with Gasteiger partial charge in [0.15, 0.2) is 0 Å². The second-order valence-electron chi connectivity index (χ2n) is 7.34. The van der Waals surface area contributed by atoms with Crippen LogP contribution in [-0.2, 0) is 0 Å². The highest BCUT2D eigenvalue weighted by Gasteiger charge is 2.35. The van der Waals surface area contributed by atoms with E-state index >= 15 is 0 Å². The third kappa shape index (κ3) is 5.55. The zero-order valence-electron chi connectivity index (χ0n) is 16.6. The van der Waals surface area contributed by atoms with Gasteiger partial charge >= 0.3 is 6.03 Å². The highest BCUT2D eigenvalue weighted by atomic mass is 35.5. The first-order chi connectivity index (χ1) is 14.0. The minimum absolute atomic E-state index is 0.0920. The van der Waals surface area contributed by atoms with Gasteiger partial charge in [-0.2, -0.15) is 0 Å². The topological polar surface area (TPSA) is 71.0 Å². The zero-order chi connectivity index (χ0) is 20.7. The van der Waals surface area contributed by atoms with E-state index in [0.717, 1.165) is 25.0 Å². The van der Waals surface area contributed by atoms with Crippen LogP contribution in [0.15, 0.2) is 48.5 Å². The number of carbonyl (C=O) groups excluding carboxylic acids is 1. The molecule has 29 heavy (non-hydrogen) atoms. The fourth-order valence-corrected chi connectivity index (χ4v) is 3.78. The minimum atomic E-state index is -0.213. The van der Waals surface area contributed by atoms with Crippen LogP contribution in [0.2, 0.25) is 5.02 Å². The summed E-state index contributed by atoms with van der Waals surface area (Å²) in [5.41, 5.74) is 0.408. The van der Waals surface area contributed by atoms with Gasteiger partial charge in [-0.15, -0.1) is 0 Å². The molecule has 6 nitrogen and oxygen atoms in total. The van der Waals surface area contributed by atoms with Crippen LogP contribution in [-0.4, -0.2) is 49.5 Å². The molecule has 0 saturated carbocycles. The average Bonchev–Trinajstić information content (AvgIpc) is 2.75. The van der Waals surface area contributed by atoms with Crippen molar-refractivity contribution in [1.82, 2.24) is 4.90 Å². The number of aliphatic hydroxyl groups is 1. The summed E-state index contributed by atoms with van der Waals surface area (Å²) in [6.07, 6.45) is 2.22. The van der Waals surface area contributed by atoms with Crippen molar-refractivity contribution in [3.8, 4) is 11.5 Å². The molecule has 3 rings (SSSR count). The smallest absolute Gasteiger partial charge is 0.321 e. The molecule has 1 saturated heterocycles. The van der Waals surface area contributed by atoms with Crippen molar-refractivity contribution in [2.45, 2.75) is 19.3 Å². The molecular formula is C22H27ClN2O4. The molecule has 0 aromatic heterocycles. The van der Waals surface area contributed by atoms with Gasteiger partial charge in [0, 0.05) is 30.8 Å². The predicted molar refractivity (Wildman–Crippen MR) is 114 cm³/mol. The Balaban J connectivity index is 1.49. The Hall–Kier alpha value is -2.44. The number of rotatable bonds is 7. The number of amides is 2. The van der Waals surface area contributed by atoms with E-state index in [2.05, 4.69) is 5.32 Å². The molecule has 2 aromatic rings. The number of nitrogens with one attached hydrogen (secondary N) is 1. The van der Waals surface area contributed by atoms with Gasteiger partial charge in [0.25, 0.3) is 0 Å². The number of hydrogen-bond acceptors (Lipinski definition) is 4. The summed E-state index contributed by atoms with van der Waals surface area (Å²) in [7, 11) is 1.55. The van der Waals surface area contributed by atoms with Crippen LogP contribution < -0.4 is 14.8 Å². The first-order valence-electron chi connectivity index (χ1n) is 9.73. The van der Waals surface area contributed by atoms with Crippen LogP contribution in [0.25, 0.3) is 0 Å². The van der Waals surface area contributed by atoms with Crippen molar-refractivity contribution in [3.63, 3.8) is 0 Å². The molecule has 0 spiro atoms. The largest absolute Gasteiger partial charge is 0.495 e. The summed E-state index contributed by atoms with van der Waals surface area (Å²) < 4.78 is 10.9. The van der Waals surface area contributed by atoms with Crippen molar-refractivity contribution in [2.24, 2.45) is 5.41 Å². The lowest BCUT2D eigenvalue weighted by atomic mass is 9.76. The molecule has 0 aliphatic carbocycles. The summed E-state index contributed by atoms with van der Waals surface area (Å²) in [6, 6.07) is 14.6. The lowest BCUT2D eigenvalue weighted by Gasteiger charge is -2.40. The van der Waals surface area contributed by atoms with Crippen LogP contribution in [0.5, 0.6) is 11.5 Å². The molecule has 2 N–H and O–H groups in total. The average molecular weight is 419 g/mol. The number of likely N-dealkylation sites (tertiary alicyclic amines) is 1. The lowest BCUT2D eigenvalue weighted by molar-refractivity contribution is 0.0385. The van der Waals surface area contributed by atoms with Crippen LogP contribution >= 0.6 is 11.6 Å². The Labute approximate surface area is 176 Å². The molecule has 7 heteroatoms. The summed E-state index contributed by atoms with van der Waals surface area (Å²) in [5.74, 6) is 1.39. The predicted octanol–water partition coefficient (Wildman–Crippen LogP) is 4.42. The number of hydrogen-bond donors (Lipinski definition) is 2. The number of methoxy groups -OCH3 is 1. The zero-order valence-corrected chi connectivity index (χ0v) is 17.3. The van der Waals surface area contributed by atoms with Crippen molar-refractivity contribution < 1.29 is 19.4 Å². The second-order valence-corrected chi connectivity index (χ2v) is 7.74. The first-order valence-corrected chi connectivity index (χ1v) is 10.1. The van der Waals surface area contributed by atoms with Crippen LogP contribution in [0, 0.1) is 5.41 Å². The summed E-state index contributed by atoms with van der Waals surface area (Å²) in [6.45, 7) is 1.80. The van der Waals surface area contributed by atoms with E-state index in [-0.39, 0.29) is 18.1 Å². The third-order valence-electron chi connectivity index (χ3n) is 5.49. The molecule has 1 heterocycles. The number of benzene rings is 2. The van der Waals surface area contributed by atoms with Gasteiger partial charge in [0.05, 0.1) is 18.7 Å². The monoisotopic (exact) mass is 418 g/mol. The minimum Gasteiger partial charge on any atom is -0.495 e. The molecular weight excluding hydrogens is 392 g/mol. The quantitative estimate of drug-likeness (QED) is 0.698. The van der Waals surface area contributed by atoms with Gasteiger partial charge in [0.2, 0.25) is 0 Å². The number of piperidine rings is 1. The Morgan fingerprint density at radius 2 is 1.93 bits per heavy atom. The van der Waals surface area contributed by atoms with E-state index in [4.69, 9.17) is 21.1 Å². The Morgan fingerprint density at radius 3 is 2.55 bits per heavy atom. The number of anilines is 1. The summed E-state index contributed by atoms with van der Waals surface area (Å²) >= 11 is 6.12. The molecule has 1 aliphatic rings. The van der Waals surface area contributed by atoms with Crippen LogP contribution in [0.4, 0.5) is 10.5 Å². The van der Waals surface area contributed by atoms with Crippen LogP contribution in [0.3, 0.4) is 0 Å². The Morgan fingerprint density at radius 1 is 1.21 bits per heavy atom. The summed E-state index contributed by atoms with van der Waals surface area (Å²) in [4.78, 5) is 14.4. The normalized spacial score (nSPS) is 15.6. The van der Waals surface area contributed by atoms with E-state index in [1.165, 1.54) is 0 Å². The van der Waals surface area contributed by atoms with Gasteiger partial charge in [0.1, 0.15) is 11.5 Å². The molecule has 0 unspecified atom stereocenters. The Bertz CT molecular complexity index is 808. The highest BCUT2D eigenvalue weighted by Crippen LogP contribution is 2.35. The Kier molecular flexibility index (Phi) is 7.23. The molecule has 1 aliphatic heterocycles. The standard InChI is InChI=1S/C22H27ClN2O4/c1-28-20-8-7-17(15-19(20)23)24-21(27)25-12-9-22(16-26,10-13-25)11-14-29-18-5-3-2-4-6-18/h2-8,15,26H,9-14,16H2,1H3,(H,24,27). The maximum absolute atomic E-state index is 12.6. The van der Waals surface area contributed by atoms with Crippen LogP contribution in [0.1, 0.15) is 19.3 Å². The number of nitrogens with zero attached hydrogens (tertiary/aromatic N) is 1. The maximum Gasteiger partial charge on any atom is 0.321 e. The number of halogens is 1. The second kappa shape index (κ2) is 9.85. The molecule has 2 aromatic carbocycles. The fraction of sp³-hybridized carbons (Fsp3) is 0.409. The van der Waals surface area contributed by atoms with E-state index in [0.29, 0.717) is 36.2 Å². The van der Waals surface area contributed by atoms with Gasteiger partial charge in [-0.25, -0.2) is 4.79 Å². The molecule has 0 atom stereocenters. The molecule has 2 amide bonds. The van der Waals surface area contributed by atoms with Gasteiger partial charge in [-0.3, -0.25) is 0 Å². The number of ether oxygens (including phenoxy) is 2. The van der Waals surface area contributed by atoms with Gasteiger partial charge in [-0.1, -0.05) is 29.8 Å². The molecule has 156 valence electrons. The lowest BCUT2D eigenvalue weighted by Crippen LogP contribution is -2.46. The van der Waals surface area contributed by atoms with Crippen molar-refractivity contribution in [3.05, 3.63) is 53.6 Å². The van der Waals surface area contributed by atoms with Gasteiger partial charge < -0.3 is 24.8 Å². The summed E-state index contributed by atoms with van der Waals surface area (Å²) in [5, 5.41) is 13.3. The molecule has 0 bridgehead atoms. The third-order valence-corrected chi connectivity index (χ3v) is 5.79. The molecule has 0 radical (unpaired) electrons. The van der Waals surface area contributed by atoms with E-state index in [9.17, 15) is 9.90 Å². The SMILES string of the molecule is COc1ccc(NC(=O)N2CCC(CO)(CCOc3ccccc3)CC2)cc1Cl. The molecule has 1 fully saturated rings. The maximum atomic E-state index is 12.6. The highest BCUT2D eigenvalue weighted by molar-refractivity contribution is 6.32. The fourth-order valence-electron chi connectivity index (χ4n) is 3.52. The van der Waals surface area contributed by atoms with E-state index in [1.54, 1.807) is 30.2 Å². The van der Waals surface area contributed by atoms with E-state index < -0.39 is 0 Å². The van der Waals surface area contributed by atoms with Crippen molar-refractivity contribution in [1.29, 1.82) is 0 Å². The van der Waals surface area contributed by atoms with Gasteiger partial charge in [-0.05, 0) is 49.6 Å². The number of urea groups is 1. The van der Waals surface area contributed by atoms with Crippen molar-refractivity contribution in [2.75, 3.05) is 38.7 Å². The van der Waals surface area contributed by atoms with Crippen molar-refractivity contribution >= 4 is 23.3 Å².